The first kappa shape index (κ1) is 12.9. The summed E-state index contributed by atoms with van der Waals surface area (Å²) in [5.41, 5.74) is 2.59. The predicted octanol–water partition coefficient (Wildman–Crippen LogP) is 3.62. The van der Waals surface area contributed by atoms with Gasteiger partial charge in [-0.2, -0.15) is 5.26 Å². The van der Waals surface area contributed by atoms with Gasteiger partial charge in [0.25, 0.3) is 0 Å². The topological polar surface area (TPSA) is 27.0 Å². The summed E-state index contributed by atoms with van der Waals surface area (Å²) in [6.45, 7) is 3.00. The number of hydrogen-bond donors (Lipinski definition) is 0. The van der Waals surface area contributed by atoms with Gasteiger partial charge < -0.3 is 0 Å². The second-order valence-corrected chi connectivity index (χ2v) is 5.40. The predicted molar refractivity (Wildman–Crippen MR) is 80.0 cm³/mol. The van der Waals surface area contributed by atoms with Crippen LogP contribution in [-0.2, 0) is 0 Å². The van der Waals surface area contributed by atoms with Crippen LogP contribution >= 0.6 is 0 Å². The molecule has 1 aliphatic heterocycles. The Morgan fingerprint density at radius 1 is 1.00 bits per heavy atom. The minimum atomic E-state index is 0.157. The van der Waals surface area contributed by atoms with E-state index in [0.29, 0.717) is 6.04 Å². The number of benzene rings is 2. The maximum atomic E-state index is 9.12. The molecule has 1 saturated heterocycles. The molecule has 1 heterocycles. The lowest BCUT2D eigenvalue weighted by Crippen LogP contribution is -2.55. The monoisotopic (exact) mass is 262 g/mol. The van der Waals surface area contributed by atoms with Gasteiger partial charge in [-0.05, 0) is 18.1 Å². The fraction of sp³-hybridized carbons (Fsp3) is 0.278. The Morgan fingerprint density at radius 3 is 1.90 bits per heavy atom. The van der Waals surface area contributed by atoms with Gasteiger partial charge in [0.1, 0.15) is 0 Å². The van der Waals surface area contributed by atoms with E-state index in [1.807, 2.05) is 12.1 Å². The molecule has 2 aromatic carbocycles. The van der Waals surface area contributed by atoms with E-state index in [-0.39, 0.29) is 12.0 Å². The van der Waals surface area contributed by atoms with Crippen molar-refractivity contribution >= 4 is 0 Å². The molecular weight excluding hydrogens is 244 g/mol. The van der Waals surface area contributed by atoms with Gasteiger partial charge in [-0.1, -0.05) is 60.7 Å². The van der Waals surface area contributed by atoms with Gasteiger partial charge in [-0.3, -0.25) is 4.90 Å². The summed E-state index contributed by atoms with van der Waals surface area (Å²) in [7, 11) is 0. The second kappa shape index (κ2) is 5.48. The minimum Gasteiger partial charge on any atom is -0.287 e. The maximum Gasteiger partial charge on any atom is 0.0743 e. The average Bonchev–Trinajstić information content (AvgIpc) is 2.52. The van der Waals surface area contributed by atoms with Crippen molar-refractivity contribution in [2.45, 2.75) is 19.0 Å². The molecule has 100 valence electrons. The van der Waals surface area contributed by atoms with E-state index < -0.39 is 0 Å². The van der Waals surface area contributed by atoms with Crippen LogP contribution in [0.2, 0.25) is 0 Å². The van der Waals surface area contributed by atoms with Crippen molar-refractivity contribution in [2.75, 3.05) is 6.54 Å². The van der Waals surface area contributed by atoms with Gasteiger partial charge in [0, 0.05) is 12.6 Å². The first-order valence-electron chi connectivity index (χ1n) is 7.06. The van der Waals surface area contributed by atoms with Crippen LogP contribution in [0.5, 0.6) is 0 Å². The molecule has 0 aliphatic carbocycles. The van der Waals surface area contributed by atoms with Gasteiger partial charge in [-0.25, -0.2) is 0 Å². The lowest BCUT2D eigenvalue weighted by molar-refractivity contribution is 0.0289. The van der Waals surface area contributed by atoms with Crippen LogP contribution < -0.4 is 0 Å². The summed E-state index contributed by atoms with van der Waals surface area (Å²) >= 11 is 0. The summed E-state index contributed by atoms with van der Waals surface area (Å²) in [6.07, 6.45) is 0. The Kier molecular flexibility index (Phi) is 3.54. The summed E-state index contributed by atoms with van der Waals surface area (Å²) in [4.78, 5) is 2.42. The summed E-state index contributed by atoms with van der Waals surface area (Å²) in [5, 5.41) is 9.12. The van der Waals surface area contributed by atoms with Crippen LogP contribution in [0.3, 0.4) is 0 Å². The number of nitrogens with zero attached hydrogens (tertiary/aromatic N) is 2. The van der Waals surface area contributed by atoms with Crippen molar-refractivity contribution in [3.63, 3.8) is 0 Å². The van der Waals surface area contributed by atoms with E-state index >= 15 is 0 Å². The zero-order valence-corrected chi connectivity index (χ0v) is 11.6. The molecule has 2 nitrogen and oxygen atoms in total. The highest BCUT2D eigenvalue weighted by molar-refractivity contribution is 5.33. The van der Waals surface area contributed by atoms with Crippen LogP contribution in [0.25, 0.3) is 0 Å². The van der Waals surface area contributed by atoms with Crippen LogP contribution in [0.15, 0.2) is 60.7 Å². The summed E-state index contributed by atoms with van der Waals surface area (Å²) in [5.74, 6) is 0.157. The van der Waals surface area contributed by atoms with Gasteiger partial charge in [0.05, 0.1) is 18.0 Å². The molecule has 2 aromatic rings. The van der Waals surface area contributed by atoms with Crippen molar-refractivity contribution < 1.29 is 0 Å². The molecule has 1 unspecified atom stereocenters. The molecular formula is C18H18N2. The molecule has 1 aliphatic rings. The summed E-state index contributed by atoms with van der Waals surface area (Å²) in [6, 6.07) is 24.1. The first-order valence-corrected chi connectivity index (χ1v) is 7.06. The zero-order chi connectivity index (χ0) is 13.9. The van der Waals surface area contributed by atoms with Crippen LogP contribution in [0.4, 0.5) is 0 Å². The van der Waals surface area contributed by atoms with Crippen LogP contribution in [0.1, 0.15) is 24.1 Å². The van der Waals surface area contributed by atoms with Crippen molar-refractivity contribution in [2.24, 2.45) is 5.92 Å². The lowest BCUT2D eigenvalue weighted by atomic mass is 9.85. The number of nitriles is 1. The number of hydrogen-bond acceptors (Lipinski definition) is 2. The quantitative estimate of drug-likeness (QED) is 0.844. The molecule has 1 fully saturated rings. The number of rotatable bonds is 3. The van der Waals surface area contributed by atoms with E-state index in [1.165, 1.54) is 11.1 Å². The van der Waals surface area contributed by atoms with E-state index in [2.05, 4.69) is 66.4 Å². The standard InChI is InChI=1S/C18H18N2/c1-14-17(12-19)13-20(14)18(15-8-4-2-5-9-15)16-10-6-3-7-11-16/h2-11,14,17-18H,13H2,1H3/t14-,17?/m1/s1. The largest absolute Gasteiger partial charge is 0.287 e. The molecule has 2 atom stereocenters. The second-order valence-electron chi connectivity index (χ2n) is 5.40. The maximum absolute atomic E-state index is 9.12. The Labute approximate surface area is 120 Å². The van der Waals surface area contributed by atoms with Gasteiger partial charge in [0.2, 0.25) is 0 Å². The lowest BCUT2D eigenvalue weighted by Gasteiger charge is -2.48. The highest BCUT2D eigenvalue weighted by Crippen LogP contribution is 2.37. The summed E-state index contributed by atoms with van der Waals surface area (Å²) < 4.78 is 0. The molecule has 0 spiro atoms. The Bertz CT molecular complexity index is 561. The van der Waals surface area contributed by atoms with Crippen LogP contribution in [0, 0.1) is 17.2 Å². The van der Waals surface area contributed by atoms with Crippen molar-refractivity contribution in [3.05, 3.63) is 71.8 Å². The van der Waals surface area contributed by atoms with Gasteiger partial charge >= 0.3 is 0 Å². The van der Waals surface area contributed by atoms with Crippen molar-refractivity contribution in [1.29, 1.82) is 5.26 Å². The molecule has 0 amide bonds. The normalized spacial score (nSPS) is 22.2. The highest BCUT2D eigenvalue weighted by atomic mass is 15.2. The van der Waals surface area contributed by atoms with Crippen molar-refractivity contribution in [3.8, 4) is 6.07 Å². The van der Waals surface area contributed by atoms with Gasteiger partial charge in [-0.15, -0.1) is 0 Å². The molecule has 0 N–H and O–H groups in total. The Hall–Kier alpha value is -2.11. The fourth-order valence-corrected chi connectivity index (χ4v) is 2.97. The molecule has 2 heteroatoms. The molecule has 0 aromatic heterocycles. The molecule has 20 heavy (non-hydrogen) atoms. The van der Waals surface area contributed by atoms with Crippen LogP contribution in [-0.4, -0.2) is 17.5 Å². The highest BCUT2D eigenvalue weighted by Gasteiger charge is 2.40. The molecule has 3 rings (SSSR count). The Morgan fingerprint density at radius 2 is 1.50 bits per heavy atom. The number of likely N-dealkylation sites (tertiary alicyclic amines) is 1. The fourth-order valence-electron chi connectivity index (χ4n) is 2.97. The third-order valence-corrected chi connectivity index (χ3v) is 4.24. The average molecular weight is 262 g/mol. The van der Waals surface area contributed by atoms with E-state index in [1.54, 1.807) is 0 Å². The van der Waals surface area contributed by atoms with E-state index in [0.717, 1.165) is 6.54 Å². The Balaban J connectivity index is 1.96. The zero-order valence-electron chi connectivity index (χ0n) is 11.6. The van der Waals surface area contributed by atoms with Crippen molar-refractivity contribution in [1.82, 2.24) is 4.90 Å². The van der Waals surface area contributed by atoms with E-state index in [9.17, 15) is 0 Å². The molecule has 0 radical (unpaired) electrons. The SMILES string of the molecule is C[C@@H]1C(C#N)CN1C(c1ccccc1)c1ccccc1. The smallest absolute Gasteiger partial charge is 0.0743 e. The van der Waals surface area contributed by atoms with Gasteiger partial charge in [0.15, 0.2) is 0 Å². The van der Waals surface area contributed by atoms with E-state index in [4.69, 9.17) is 5.26 Å². The third-order valence-electron chi connectivity index (χ3n) is 4.24. The molecule has 0 saturated carbocycles. The first-order chi connectivity index (χ1) is 9.81. The minimum absolute atomic E-state index is 0.157. The molecule has 0 bridgehead atoms. The third kappa shape index (κ3) is 2.21.